The molecule has 1 fully saturated rings. The van der Waals surface area contributed by atoms with Crippen LogP contribution in [0.2, 0.25) is 0 Å². The Morgan fingerprint density at radius 2 is 2.40 bits per heavy atom. The van der Waals surface area contributed by atoms with Gasteiger partial charge in [0, 0.05) is 6.42 Å². The highest BCUT2D eigenvalue weighted by molar-refractivity contribution is 5.84. The maximum Gasteiger partial charge on any atom is 0.149 e. The summed E-state index contributed by atoms with van der Waals surface area (Å²) in [5.41, 5.74) is 5.59. The van der Waals surface area contributed by atoms with E-state index in [2.05, 4.69) is 6.92 Å². The lowest BCUT2D eigenvalue weighted by Crippen LogP contribution is -2.36. The summed E-state index contributed by atoms with van der Waals surface area (Å²) in [6, 6.07) is -0.154. The summed E-state index contributed by atoms with van der Waals surface area (Å²) in [6.07, 6.45) is 3.85. The third-order valence-electron chi connectivity index (χ3n) is 2.38. The zero-order valence-corrected chi connectivity index (χ0v) is 6.47. The Hall–Kier alpha value is -0.370. The van der Waals surface area contributed by atoms with Crippen LogP contribution in [0.25, 0.3) is 0 Å². The minimum absolute atomic E-state index is 0.154. The quantitative estimate of drug-likeness (QED) is 0.594. The van der Waals surface area contributed by atoms with Crippen LogP contribution in [0.4, 0.5) is 0 Å². The highest BCUT2D eigenvalue weighted by Gasteiger charge is 2.24. The molecule has 0 spiro atoms. The van der Waals surface area contributed by atoms with Crippen LogP contribution < -0.4 is 5.73 Å². The lowest BCUT2D eigenvalue weighted by atomic mass is 9.84. The van der Waals surface area contributed by atoms with Crippen molar-refractivity contribution in [1.82, 2.24) is 0 Å². The molecule has 1 aliphatic rings. The van der Waals surface area contributed by atoms with Crippen molar-refractivity contribution in [1.29, 1.82) is 0 Å². The number of nitrogens with two attached hydrogens (primary N) is 1. The first kappa shape index (κ1) is 7.73. The number of rotatable bonds is 1. The number of Topliss-reactive ketones (excluding diaryl/α,β-unsaturated/α-hetero) is 1. The van der Waals surface area contributed by atoms with Gasteiger partial charge in [-0.3, -0.25) is 4.79 Å². The first-order chi connectivity index (χ1) is 4.74. The van der Waals surface area contributed by atoms with E-state index in [1.807, 2.05) is 0 Å². The van der Waals surface area contributed by atoms with Crippen LogP contribution in [0.1, 0.15) is 32.6 Å². The molecule has 2 unspecified atom stereocenters. The van der Waals surface area contributed by atoms with E-state index in [0.717, 1.165) is 12.8 Å². The zero-order chi connectivity index (χ0) is 7.56. The van der Waals surface area contributed by atoms with Crippen molar-refractivity contribution in [2.45, 2.75) is 38.6 Å². The summed E-state index contributed by atoms with van der Waals surface area (Å²) in [7, 11) is 0. The number of ketones is 1. The highest BCUT2D eigenvalue weighted by atomic mass is 16.1. The largest absolute Gasteiger partial charge is 0.322 e. The fraction of sp³-hybridized carbons (Fsp3) is 0.875. The van der Waals surface area contributed by atoms with E-state index in [1.165, 1.54) is 6.42 Å². The number of carbonyl (C=O) groups is 1. The monoisotopic (exact) mass is 141 g/mol. The summed E-state index contributed by atoms with van der Waals surface area (Å²) in [4.78, 5) is 10.9. The topological polar surface area (TPSA) is 43.1 Å². The van der Waals surface area contributed by atoms with Crippen LogP contribution in [0, 0.1) is 5.92 Å². The standard InChI is InChI=1S/C8H15NO/c1-2-6-3-4-8(10)7(9)5-6/h6-7H,2-5,9H2,1H3. The van der Waals surface area contributed by atoms with Gasteiger partial charge in [0.15, 0.2) is 0 Å². The van der Waals surface area contributed by atoms with Gasteiger partial charge >= 0.3 is 0 Å². The Bertz CT molecular complexity index is 133. The Morgan fingerprint density at radius 3 is 2.90 bits per heavy atom. The van der Waals surface area contributed by atoms with Crippen LogP contribution in [0.15, 0.2) is 0 Å². The lowest BCUT2D eigenvalue weighted by molar-refractivity contribution is -0.122. The minimum atomic E-state index is -0.154. The van der Waals surface area contributed by atoms with Crippen molar-refractivity contribution >= 4 is 5.78 Å². The molecule has 2 heteroatoms. The van der Waals surface area contributed by atoms with Gasteiger partial charge < -0.3 is 5.73 Å². The van der Waals surface area contributed by atoms with E-state index in [1.54, 1.807) is 0 Å². The molecule has 1 aliphatic carbocycles. The Morgan fingerprint density at radius 1 is 1.70 bits per heavy atom. The van der Waals surface area contributed by atoms with Crippen LogP contribution in [0.3, 0.4) is 0 Å². The van der Waals surface area contributed by atoms with Crippen LogP contribution >= 0.6 is 0 Å². The molecule has 2 N–H and O–H groups in total. The van der Waals surface area contributed by atoms with Gasteiger partial charge in [-0.2, -0.15) is 0 Å². The van der Waals surface area contributed by atoms with Crippen molar-refractivity contribution in [2.75, 3.05) is 0 Å². The summed E-state index contributed by atoms with van der Waals surface area (Å²) >= 11 is 0. The molecule has 0 aromatic rings. The molecular weight excluding hydrogens is 126 g/mol. The van der Waals surface area contributed by atoms with Crippen molar-refractivity contribution < 1.29 is 4.79 Å². The Kier molecular flexibility index (Phi) is 2.44. The second-order valence-corrected chi connectivity index (χ2v) is 3.12. The molecule has 0 amide bonds. The molecule has 1 saturated carbocycles. The average molecular weight is 141 g/mol. The van der Waals surface area contributed by atoms with Crippen LogP contribution in [-0.4, -0.2) is 11.8 Å². The van der Waals surface area contributed by atoms with Crippen molar-refractivity contribution in [3.8, 4) is 0 Å². The van der Waals surface area contributed by atoms with E-state index in [0.29, 0.717) is 12.3 Å². The summed E-state index contributed by atoms with van der Waals surface area (Å²) in [6.45, 7) is 2.16. The van der Waals surface area contributed by atoms with Crippen LogP contribution in [0.5, 0.6) is 0 Å². The van der Waals surface area contributed by atoms with Crippen molar-refractivity contribution in [3.63, 3.8) is 0 Å². The molecule has 2 atom stereocenters. The maximum atomic E-state index is 10.9. The smallest absolute Gasteiger partial charge is 0.149 e. The first-order valence-electron chi connectivity index (χ1n) is 4.02. The molecule has 2 nitrogen and oxygen atoms in total. The van der Waals surface area contributed by atoms with Gasteiger partial charge in [0.2, 0.25) is 0 Å². The third-order valence-corrected chi connectivity index (χ3v) is 2.38. The fourth-order valence-corrected chi connectivity index (χ4v) is 1.51. The number of hydrogen-bond donors (Lipinski definition) is 1. The molecule has 0 aliphatic heterocycles. The molecule has 0 saturated heterocycles. The van der Waals surface area contributed by atoms with E-state index < -0.39 is 0 Å². The number of hydrogen-bond acceptors (Lipinski definition) is 2. The Labute approximate surface area is 61.8 Å². The Balaban J connectivity index is 2.40. The second-order valence-electron chi connectivity index (χ2n) is 3.12. The van der Waals surface area contributed by atoms with E-state index in [-0.39, 0.29) is 11.8 Å². The molecule has 0 bridgehead atoms. The van der Waals surface area contributed by atoms with Crippen molar-refractivity contribution in [3.05, 3.63) is 0 Å². The van der Waals surface area contributed by atoms with Gasteiger partial charge in [0.05, 0.1) is 6.04 Å². The first-order valence-corrected chi connectivity index (χ1v) is 4.02. The fourth-order valence-electron chi connectivity index (χ4n) is 1.51. The molecule has 0 radical (unpaired) electrons. The average Bonchev–Trinajstić information content (AvgIpc) is 1.95. The molecule has 0 heterocycles. The molecule has 1 rings (SSSR count). The molecule has 0 aromatic carbocycles. The zero-order valence-electron chi connectivity index (χ0n) is 6.47. The minimum Gasteiger partial charge on any atom is -0.322 e. The van der Waals surface area contributed by atoms with Gasteiger partial charge in [-0.05, 0) is 18.8 Å². The van der Waals surface area contributed by atoms with E-state index >= 15 is 0 Å². The molecule has 10 heavy (non-hydrogen) atoms. The lowest BCUT2D eigenvalue weighted by Gasteiger charge is -2.24. The normalized spacial score (nSPS) is 34.4. The predicted molar refractivity (Wildman–Crippen MR) is 40.6 cm³/mol. The summed E-state index contributed by atoms with van der Waals surface area (Å²) < 4.78 is 0. The molecular formula is C8H15NO. The van der Waals surface area contributed by atoms with Gasteiger partial charge in [0.25, 0.3) is 0 Å². The van der Waals surface area contributed by atoms with Gasteiger partial charge in [-0.15, -0.1) is 0 Å². The van der Waals surface area contributed by atoms with E-state index in [4.69, 9.17) is 5.73 Å². The van der Waals surface area contributed by atoms with Crippen molar-refractivity contribution in [2.24, 2.45) is 11.7 Å². The summed E-state index contributed by atoms with van der Waals surface area (Å²) in [5, 5.41) is 0. The summed E-state index contributed by atoms with van der Waals surface area (Å²) in [5.74, 6) is 0.956. The number of carbonyl (C=O) groups excluding carboxylic acids is 1. The third kappa shape index (κ3) is 1.57. The molecule has 58 valence electrons. The highest BCUT2D eigenvalue weighted by Crippen LogP contribution is 2.22. The van der Waals surface area contributed by atoms with E-state index in [9.17, 15) is 4.79 Å². The van der Waals surface area contributed by atoms with Gasteiger partial charge in [0.1, 0.15) is 5.78 Å². The van der Waals surface area contributed by atoms with Gasteiger partial charge in [-0.25, -0.2) is 0 Å². The van der Waals surface area contributed by atoms with Crippen LogP contribution in [-0.2, 0) is 4.79 Å². The molecule has 0 aromatic heterocycles. The maximum absolute atomic E-state index is 10.9. The van der Waals surface area contributed by atoms with Gasteiger partial charge in [-0.1, -0.05) is 13.3 Å². The predicted octanol–water partition coefficient (Wildman–Crippen LogP) is 1.09. The second kappa shape index (κ2) is 3.15. The SMILES string of the molecule is CCC1CCC(=O)C(N)C1.